The predicted molar refractivity (Wildman–Crippen MR) is 99.9 cm³/mol. The van der Waals surface area contributed by atoms with Crippen LogP contribution in [0.4, 0.5) is 0 Å². The number of halogens is 1. The first-order valence-corrected chi connectivity index (χ1v) is 9.53. The average Bonchev–Trinajstić information content (AvgIpc) is 2.84. The predicted octanol–water partition coefficient (Wildman–Crippen LogP) is 3.13. The Labute approximate surface area is 158 Å². The number of aromatic nitrogens is 2. The number of carbonyl (C=O) groups is 1. The third-order valence-electron chi connectivity index (χ3n) is 4.89. The van der Waals surface area contributed by atoms with E-state index >= 15 is 0 Å². The summed E-state index contributed by atoms with van der Waals surface area (Å²) in [6.07, 6.45) is 5.75. The summed E-state index contributed by atoms with van der Waals surface area (Å²) in [5, 5.41) is 7.55. The first-order chi connectivity index (χ1) is 12.6. The largest absolute Gasteiger partial charge is 0.344 e. The Morgan fingerprint density at radius 1 is 1.38 bits per heavy atom. The third-order valence-corrected chi connectivity index (χ3v) is 5.19. The van der Waals surface area contributed by atoms with Crippen molar-refractivity contribution < 1.29 is 9.32 Å². The minimum absolute atomic E-state index is 0.124. The Hall–Kier alpha value is -1.92. The van der Waals surface area contributed by atoms with Gasteiger partial charge in [0, 0.05) is 24.2 Å². The van der Waals surface area contributed by atoms with Crippen molar-refractivity contribution in [3.63, 3.8) is 0 Å². The van der Waals surface area contributed by atoms with E-state index in [1.54, 1.807) is 6.20 Å². The lowest BCUT2D eigenvalue weighted by Gasteiger charge is -2.31. The van der Waals surface area contributed by atoms with Crippen LogP contribution in [0.3, 0.4) is 0 Å². The van der Waals surface area contributed by atoms with Crippen molar-refractivity contribution in [2.45, 2.75) is 51.6 Å². The summed E-state index contributed by atoms with van der Waals surface area (Å²) in [4.78, 5) is 19.5. The van der Waals surface area contributed by atoms with E-state index < -0.39 is 0 Å². The molecule has 6 nitrogen and oxygen atoms in total. The molecule has 0 bridgehead atoms. The number of amides is 1. The summed E-state index contributed by atoms with van der Waals surface area (Å²) in [6.45, 7) is 4.34. The zero-order chi connectivity index (χ0) is 18.4. The zero-order valence-corrected chi connectivity index (χ0v) is 15.8. The highest BCUT2D eigenvalue weighted by molar-refractivity contribution is 6.29. The standard InChI is InChI=1S/C19H25ClN4O2/c1-14-17(19(20)26-23-14)7-8-18(25)24(13-15-5-2-3-11-22-15)16-6-4-10-21-12-9-16/h2-3,5,11,16,21H,4,6-10,12-13H2,1H3. The number of nitrogens with one attached hydrogen (secondary N) is 1. The van der Waals surface area contributed by atoms with Gasteiger partial charge in [-0.05, 0) is 69.4 Å². The van der Waals surface area contributed by atoms with Gasteiger partial charge in [0.2, 0.25) is 11.1 Å². The molecule has 1 fully saturated rings. The van der Waals surface area contributed by atoms with E-state index in [-0.39, 0.29) is 17.2 Å². The molecule has 3 heterocycles. The van der Waals surface area contributed by atoms with Crippen molar-refractivity contribution in [3.05, 3.63) is 46.6 Å². The molecule has 1 atom stereocenters. The van der Waals surface area contributed by atoms with Crippen LogP contribution in [-0.2, 0) is 17.8 Å². The minimum Gasteiger partial charge on any atom is -0.344 e. The van der Waals surface area contributed by atoms with Crippen molar-refractivity contribution >= 4 is 17.5 Å². The van der Waals surface area contributed by atoms with Crippen molar-refractivity contribution in [3.8, 4) is 0 Å². The zero-order valence-electron chi connectivity index (χ0n) is 15.1. The smallest absolute Gasteiger partial charge is 0.229 e. The molecule has 140 valence electrons. The van der Waals surface area contributed by atoms with E-state index in [2.05, 4.69) is 15.5 Å². The molecule has 2 aromatic heterocycles. The van der Waals surface area contributed by atoms with Gasteiger partial charge in [-0.3, -0.25) is 9.78 Å². The highest BCUT2D eigenvalue weighted by Gasteiger charge is 2.25. The fraction of sp³-hybridized carbons (Fsp3) is 0.526. The van der Waals surface area contributed by atoms with Crippen LogP contribution in [0.25, 0.3) is 0 Å². The average molecular weight is 377 g/mol. The molecule has 1 unspecified atom stereocenters. The van der Waals surface area contributed by atoms with E-state index in [1.807, 2.05) is 30.0 Å². The molecular formula is C19H25ClN4O2. The first-order valence-electron chi connectivity index (χ1n) is 9.16. The lowest BCUT2D eigenvalue weighted by Crippen LogP contribution is -2.40. The second-order valence-electron chi connectivity index (χ2n) is 6.70. The molecule has 1 aliphatic heterocycles. The maximum absolute atomic E-state index is 13.1. The number of rotatable bonds is 6. The SMILES string of the molecule is Cc1noc(Cl)c1CCC(=O)N(Cc1ccccn1)C1CCCNCC1. The van der Waals surface area contributed by atoms with Crippen LogP contribution in [0.5, 0.6) is 0 Å². The molecule has 7 heteroatoms. The van der Waals surface area contributed by atoms with Crippen LogP contribution in [0, 0.1) is 6.92 Å². The van der Waals surface area contributed by atoms with Gasteiger partial charge in [0.1, 0.15) is 0 Å². The molecule has 1 aliphatic rings. The van der Waals surface area contributed by atoms with Crippen LogP contribution in [0.2, 0.25) is 5.22 Å². The summed E-state index contributed by atoms with van der Waals surface area (Å²) < 4.78 is 4.99. The van der Waals surface area contributed by atoms with Gasteiger partial charge in [0.25, 0.3) is 0 Å². The van der Waals surface area contributed by atoms with Gasteiger partial charge in [0.05, 0.1) is 17.9 Å². The van der Waals surface area contributed by atoms with Gasteiger partial charge < -0.3 is 14.7 Å². The lowest BCUT2D eigenvalue weighted by molar-refractivity contribution is -0.134. The van der Waals surface area contributed by atoms with Crippen LogP contribution in [0.1, 0.15) is 42.6 Å². The maximum Gasteiger partial charge on any atom is 0.229 e. The van der Waals surface area contributed by atoms with Gasteiger partial charge in [-0.25, -0.2) is 0 Å². The summed E-state index contributed by atoms with van der Waals surface area (Å²) in [5.41, 5.74) is 2.48. The fourth-order valence-electron chi connectivity index (χ4n) is 3.42. The van der Waals surface area contributed by atoms with Gasteiger partial charge in [-0.15, -0.1) is 0 Å². The van der Waals surface area contributed by atoms with E-state index in [4.69, 9.17) is 16.1 Å². The van der Waals surface area contributed by atoms with Crippen molar-refractivity contribution in [2.24, 2.45) is 0 Å². The topological polar surface area (TPSA) is 71.3 Å². The molecule has 26 heavy (non-hydrogen) atoms. The molecule has 3 rings (SSSR count). The molecule has 0 aliphatic carbocycles. The second kappa shape index (κ2) is 9.14. The number of nitrogens with zero attached hydrogens (tertiary/aromatic N) is 3. The van der Waals surface area contributed by atoms with E-state index in [1.165, 1.54) is 0 Å². The normalized spacial score (nSPS) is 17.7. The Kier molecular flexibility index (Phi) is 6.63. The molecule has 1 saturated heterocycles. The number of hydrogen-bond acceptors (Lipinski definition) is 5. The molecule has 1 N–H and O–H groups in total. The number of aryl methyl sites for hydroxylation is 1. The third kappa shape index (κ3) is 4.83. The molecule has 0 radical (unpaired) electrons. The second-order valence-corrected chi connectivity index (χ2v) is 7.04. The van der Waals surface area contributed by atoms with Gasteiger partial charge >= 0.3 is 0 Å². The molecule has 0 aromatic carbocycles. The molecule has 2 aromatic rings. The van der Waals surface area contributed by atoms with E-state index in [0.717, 1.165) is 49.3 Å². The molecule has 0 saturated carbocycles. The molecular weight excluding hydrogens is 352 g/mol. The Balaban J connectivity index is 1.71. The lowest BCUT2D eigenvalue weighted by atomic mass is 10.0. The first kappa shape index (κ1) is 18.9. The summed E-state index contributed by atoms with van der Waals surface area (Å²) in [7, 11) is 0. The van der Waals surface area contributed by atoms with Crippen LogP contribution >= 0.6 is 11.6 Å². The van der Waals surface area contributed by atoms with Crippen LogP contribution < -0.4 is 5.32 Å². The number of carbonyl (C=O) groups excluding carboxylic acids is 1. The van der Waals surface area contributed by atoms with Crippen molar-refractivity contribution in [2.75, 3.05) is 13.1 Å². The monoisotopic (exact) mass is 376 g/mol. The van der Waals surface area contributed by atoms with Gasteiger partial charge in [-0.1, -0.05) is 11.2 Å². The molecule has 1 amide bonds. The summed E-state index contributed by atoms with van der Waals surface area (Å²) in [6, 6.07) is 6.05. The highest BCUT2D eigenvalue weighted by atomic mass is 35.5. The van der Waals surface area contributed by atoms with Crippen molar-refractivity contribution in [1.82, 2.24) is 20.4 Å². The molecule has 0 spiro atoms. The number of pyridine rings is 1. The van der Waals surface area contributed by atoms with E-state index in [0.29, 0.717) is 19.4 Å². The Morgan fingerprint density at radius 2 is 2.27 bits per heavy atom. The summed E-state index contributed by atoms with van der Waals surface area (Å²) >= 11 is 6.04. The quantitative estimate of drug-likeness (QED) is 0.838. The maximum atomic E-state index is 13.1. The van der Waals surface area contributed by atoms with Crippen molar-refractivity contribution in [1.29, 1.82) is 0 Å². The van der Waals surface area contributed by atoms with E-state index in [9.17, 15) is 4.79 Å². The number of hydrogen-bond donors (Lipinski definition) is 1. The van der Waals surface area contributed by atoms with Gasteiger partial charge in [-0.2, -0.15) is 0 Å². The highest BCUT2D eigenvalue weighted by Crippen LogP contribution is 2.23. The van der Waals surface area contributed by atoms with Gasteiger partial charge in [0.15, 0.2) is 0 Å². The van der Waals surface area contributed by atoms with Crippen LogP contribution in [0.15, 0.2) is 28.9 Å². The Morgan fingerprint density at radius 3 is 3.00 bits per heavy atom. The Bertz CT molecular complexity index is 692. The minimum atomic E-state index is 0.124. The fourth-order valence-corrected chi connectivity index (χ4v) is 3.68. The summed E-state index contributed by atoms with van der Waals surface area (Å²) in [5.74, 6) is 0.124. The van der Waals surface area contributed by atoms with Crippen LogP contribution in [-0.4, -0.2) is 40.1 Å².